The van der Waals surface area contributed by atoms with Gasteiger partial charge in [-0.3, -0.25) is 0 Å². The summed E-state index contributed by atoms with van der Waals surface area (Å²) in [6.45, 7) is 11.4. The Hall–Kier alpha value is -2.48. The second-order valence-corrected chi connectivity index (χ2v) is 8.99. The van der Waals surface area contributed by atoms with Crippen molar-refractivity contribution in [3.05, 3.63) is 83.5 Å². The summed E-state index contributed by atoms with van der Waals surface area (Å²) < 4.78 is 0. The van der Waals surface area contributed by atoms with Crippen LogP contribution in [0.4, 0.5) is 0 Å². The maximum absolute atomic E-state index is 9.65. The zero-order chi connectivity index (χ0) is 19.9. The van der Waals surface area contributed by atoms with Crippen LogP contribution in [0.25, 0.3) is 0 Å². The molecule has 0 aliphatic heterocycles. The van der Waals surface area contributed by atoms with Crippen LogP contribution in [0.15, 0.2) is 72.3 Å². The molecule has 0 aromatic heterocycles. The number of rotatable bonds is 4. The predicted molar refractivity (Wildman–Crippen MR) is 112 cm³/mol. The fourth-order valence-corrected chi connectivity index (χ4v) is 4.02. The van der Waals surface area contributed by atoms with Gasteiger partial charge in [-0.15, -0.1) is 0 Å². The molecule has 142 valence electrons. The van der Waals surface area contributed by atoms with E-state index in [-0.39, 0.29) is 16.2 Å². The van der Waals surface area contributed by atoms with E-state index < -0.39 is 0 Å². The number of allylic oxidation sites excluding steroid dienone is 4. The maximum atomic E-state index is 9.65. The first-order valence-corrected chi connectivity index (χ1v) is 9.54. The van der Waals surface area contributed by atoms with Crippen LogP contribution in [0, 0.1) is 5.41 Å². The SMILES string of the molecule is CC(C)(C1=CC=CC(C)(C(C)(C)c2ccc(O)cc2)C1)c1ccc(O)cc1. The second-order valence-electron chi connectivity index (χ2n) is 8.99. The summed E-state index contributed by atoms with van der Waals surface area (Å²) in [7, 11) is 0. The molecule has 1 aliphatic rings. The highest BCUT2D eigenvalue weighted by atomic mass is 16.3. The molecule has 1 aliphatic carbocycles. The Morgan fingerprint density at radius 3 is 1.78 bits per heavy atom. The number of phenols is 2. The minimum Gasteiger partial charge on any atom is -0.508 e. The Morgan fingerprint density at radius 1 is 0.778 bits per heavy atom. The lowest BCUT2D eigenvalue weighted by Crippen LogP contribution is -2.40. The minimum atomic E-state index is -0.120. The van der Waals surface area contributed by atoms with Crippen molar-refractivity contribution in [2.24, 2.45) is 5.41 Å². The molecule has 0 saturated carbocycles. The normalized spacial score (nSPS) is 20.4. The lowest BCUT2D eigenvalue weighted by molar-refractivity contribution is 0.226. The number of aromatic hydroxyl groups is 2. The zero-order valence-corrected chi connectivity index (χ0v) is 17.0. The van der Waals surface area contributed by atoms with Crippen molar-refractivity contribution in [2.45, 2.75) is 51.9 Å². The lowest BCUT2D eigenvalue weighted by Gasteiger charge is -2.47. The first kappa shape index (κ1) is 19.3. The molecule has 2 N–H and O–H groups in total. The fourth-order valence-electron chi connectivity index (χ4n) is 4.02. The van der Waals surface area contributed by atoms with Crippen molar-refractivity contribution in [3.63, 3.8) is 0 Å². The molecule has 0 fully saturated rings. The van der Waals surface area contributed by atoms with E-state index in [4.69, 9.17) is 0 Å². The van der Waals surface area contributed by atoms with Gasteiger partial charge in [0.25, 0.3) is 0 Å². The first-order chi connectivity index (χ1) is 12.6. The monoisotopic (exact) mass is 362 g/mol. The van der Waals surface area contributed by atoms with E-state index in [1.807, 2.05) is 24.3 Å². The van der Waals surface area contributed by atoms with Crippen molar-refractivity contribution in [1.29, 1.82) is 0 Å². The molecule has 0 heterocycles. The van der Waals surface area contributed by atoms with Crippen molar-refractivity contribution in [2.75, 3.05) is 0 Å². The van der Waals surface area contributed by atoms with E-state index in [9.17, 15) is 10.2 Å². The van der Waals surface area contributed by atoms with E-state index in [0.29, 0.717) is 11.5 Å². The quantitative estimate of drug-likeness (QED) is 0.675. The third kappa shape index (κ3) is 3.41. The van der Waals surface area contributed by atoms with Crippen molar-refractivity contribution in [3.8, 4) is 11.5 Å². The standard InChI is InChI=1S/C25H30O2/c1-23(2,18-8-12-21(26)13-9-18)20-7-6-16-25(5,17-20)24(3,4)19-10-14-22(27)15-11-19/h6-16,26-27H,17H2,1-5H3. The number of hydrogen-bond donors (Lipinski definition) is 2. The minimum absolute atomic E-state index is 0.0533. The summed E-state index contributed by atoms with van der Waals surface area (Å²) in [5.74, 6) is 0.596. The smallest absolute Gasteiger partial charge is 0.115 e. The third-order valence-corrected chi connectivity index (χ3v) is 6.73. The van der Waals surface area contributed by atoms with E-state index in [0.717, 1.165) is 6.42 Å². The van der Waals surface area contributed by atoms with Gasteiger partial charge >= 0.3 is 0 Å². The summed E-state index contributed by atoms with van der Waals surface area (Å²) in [6, 6.07) is 15.1. The Bertz CT molecular complexity index is 868. The van der Waals surface area contributed by atoms with Crippen LogP contribution in [0.2, 0.25) is 0 Å². The Labute approximate surface area is 162 Å². The highest BCUT2D eigenvalue weighted by Gasteiger charge is 2.43. The molecule has 2 aromatic carbocycles. The van der Waals surface area contributed by atoms with Gasteiger partial charge in [0.2, 0.25) is 0 Å². The van der Waals surface area contributed by atoms with Crippen LogP contribution in [-0.2, 0) is 10.8 Å². The molecule has 0 bridgehead atoms. The highest BCUT2D eigenvalue weighted by molar-refractivity contribution is 5.43. The van der Waals surface area contributed by atoms with Gasteiger partial charge in [0.1, 0.15) is 11.5 Å². The molecular weight excluding hydrogens is 332 g/mol. The summed E-state index contributed by atoms with van der Waals surface area (Å²) in [5, 5.41) is 19.3. The van der Waals surface area contributed by atoms with Crippen LogP contribution in [0.3, 0.4) is 0 Å². The molecule has 0 saturated heterocycles. The van der Waals surface area contributed by atoms with Gasteiger partial charge in [0.05, 0.1) is 0 Å². The molecule has 2 aromatic rings. The van der Waals surface area contributed by atoms with E-state index in [2.05, 4.69) is 52.8 Å². The summed E-state index contributed by atoms with van der Waals surface area (Å²) in [5.41, 5.74) is 3.53. The largest absolute Gasteiger partial charge is 0.508 e. The van der Waals surface area contributed by atoms with E-state index >= 15 is 0 Å². The molecule has 0 spiro atoms. The zero-order valence-electron chi connectivity index (χ0n) is 17.0. The lowest BCUT2D eigenvalue weighted by atomic mass is 9.57. The molecule has 27 heavy (non-hydrogen) atoms. The molecule has 2 nitrogen and oxygen atoms in total. The van der Waals surface area contributed by atoms with Crippen molar-refractivity contribution in [1.82, 2.24) is 0 Å². The topological polar surface area (TPSA) is 40.5 Å². The molecule has 3 rings (SSSR count). The van der Waals surface area contributed by atoms with Gasteiger partial charge in [-0.1, -0.05) is 82.7 Å². The maximum Gasteiger partial charge on any atom is 0.115 e. The Balaban J connectivity index is 1.94. The van der Waals surface area contributed by atoms with Gasteiger partial charge in [0.15, 0.2) is 0 Å². The van der Waals surface area contributed by atoms with Gasteiger partial charge in [-0.2, -0.15) is 0 Å². The average Bonchev–Trinajstić information content (AvgIpc) is 2.62. The summed E-state index contributed by atoms with van der Waals surface area (Å²) in [6.07, 6.45) is 7.69. The van der Waals surface area contributed by atoms with Crippen molar-refractivity contribution >= 4 is 0 Å². The van der Waals surface area contributed by atoms with Crippen LogP contribution < -0.4 is 0 Å². The number of hydrogen-bond acceptors (Lipinski definition) is 2. The Morgan fingerprint density at radius 2 is 1.26 bits per heavy atom. The first-order valence-electron chi connectivity index (χ1n) is 9.54. The van der Waals surface area contributed by atoms with Gasteiger partial charge in [-0.05, 0) is 52.6 Å². The highest BCUT2D eigenvalue weighted by Crippen LogP contribution is 2.51. The number of phenolic OH excluding ortho intramolecular Hbond substituents is 2. The molecule has 2 heteroatoms. The fraction of sp³-hybridized carbons (Fsp3) is 0.360. The van der Waals surface area contributed by atoms with E-state index in [1.165, 1.54) is 16.7 Å². The average molecular weight is 363 g/mol. The molecule has 0 radical (unpaired) electrons. The molecular formula is C25H30O2. The van der Waals surface area contributed by atoms with Crippen LogP contribution >= 0.6 is 0 Å². The summed E-state index contributed by atoms with van der Waals surface area (Å²) in [4.78, 5) is 0. The van der Waals surface area contributed by atoms with Gasteiger partial charge < -0.3 is 10.2 Å². The van der Waals surface area contributed by atoms with Gasteiger partial charge in [-0.25, -0.2) is 0 Å². The number of benzene rings is 2. The molecule has 1 unspecified atom stereocenters. The Kier molecular flexibility index (Phi) is 4.71. The van der Waals surface area contributed by atoms with Crippen molar-refractivity contribution < 1.29 is 10.2 Å². The third-order valence-electron chi connectivity index (χ3n) is 6.73. The van der Waals surface area contributed by atoms with Gasteiger partial charge in [0, 0.05) is 5.41 Å². The molecule has 1 atom stereocenters. The van der Waals surface area contributed by atoms with Crippen LogP contribution in [-0.4, -0.2) is 10.2 Å². The van der Waals surface area contributed by atoms with E-state index in [1.54, 1.807) is 24.3 Å². The summed E-state index contributed by atoms with van der Waals surface area (Å²) >= 11 is 0. The second kappa shape index (κ2) is 6.60. The predicted octanol–water partition coefficient (Wildman–Crippen LogP) is 6.25. The molecule has 0 amide bonds. The van der Waals surface area contributed by atoms with Crippen LogP contribution in [0.1, 0.15) is 52.2 Å². The van der Waals surface area contributed by atoms with Crippen LogP contribution in [0.5, 0.6) is 11.5 Å².